The largest absolute Gasteiger partial charge is 0.401 e. The van der Waals surface area contributed by atoms with Crippen LogP contribution in [0, 0.1) is 6.92 Å². The van der Waals surface area contributed by atoms with Gasteiger partial charge in [-0.3, -0.25) is 4.99 Å². The molecule has 0 aliphatic heterocycles. The van der Waals surface area contributed by atoms with Crippen molar-refractivity contribution in [1.82, 2.24) is 9.97 Å². The fraction of sp³-hybridized carbons (Fsp3) is 0.174. The summed E-state index contributed by atoms with van der Waals surface area (Å²) in [6.45, 7) is 2.03. The van der Waals surface area contributed by atoms with Gasteiger partial charge >= 0.3 is 0 Å². The van der Waals surface area contributed by atoms with Crippen LogP contribution in [0.5, 0.6) is 0 Å². The van der Waals surface area contributed by atoms with E-state index in [1.54, 1.807) is 7.05 Å². The maximum Gasteiger partial charge on any atom is 0.227 e. The molecule has 1 aromatic heterocycles. The van der Waals surface area contributed by atoms with Crippen LogP contribution < -0.4 is 11.1 Å². The van der Waals surface area contributed by atoms with E-state index < -0.39 is 0 Å². The first-order chi connectivity index (χ1) is 14.1. The number of halogens is 1. The van der Waals surface area contributed by atoms with Crippen molar-refractivity contribution in [2.45, 2.75) is 19.8 Å². The standard InChI is InChI=1S/C23H22ClN5/c1-14-8-10-18(24)17(12-14)22(26-2)20-19(25)11-9-15-13-27-23(29-21(15)20)28-16-6-4-3-5-7-16/h3-8,10,12-13H,9,11,25H2,1-2H3,(H,27,28,29). The minimum atomic E-state index is 0.521. The minimum Gasteiger partial charge on any atom is -0.401 e. The van der Waals surface area contributed by atoms with Gasteiger partial charge in [0.2, 0.25) is 5.95 Å². The van der Waals surface area contributed by atoms with Crippen LogP contribution in [0.1, 0.15) is 28.8 Å². The van der Waals surface area contributed by atoms with Gasteiger partial charge in [-0.25, -0.2) is 9.97 Å². The molecule has 5 nitrogen and oxygen atoms in total. The molecular weight excluding hydrogens is 382 g/mol. The second-order valence-electron chi connectivity index (χ2n) is 7.01. The first kappa shape index (κ1) is 19.2. The number of aromatic nitrogens is 2. The van der Waals surface area contributed by atoms with Gasteiger partial charge in [0.25, 0.3) is 0 Å². The van der Waals surface area contributed by atoms with E-state index in [0.717, 1.165) is 57.9 Å². The predicted octanol–water partition coefficient (Wildman–Crippen LogP) is 4.92. The molecule has 0 saturated carbocycles. The van der Waals surface area contributed by atoms with E-state index in [1.807, 2.05) is 61.7 Å². The number of nitrogens with one attached hydrogen (secondary N) is 1. The maximum atomic E-state index is 6.51. The number of benzene rings is 2. The summed E-state index contributed by atoms with van der Waals surface area (Å²) < 4.78 is 0. The van der Waals surface area contributed by atoms with Crippen LogP contribution in [0.4, 0.5) is 11.6 Å². The van der Waals surface area contributed by atoms with Gasteiger partial charge in [-0.1, -0.05) is 41.4 Å². The van der Waals surface area contributed by atoms with Gasteiger partial charge in [0, 0.05) is 40.8 Å². The Hall–Kier alpha value is -3.18. The van der Waals surface area contributed by atoms with Crippen LogP contribution in [0.3, 0.4) is 0 Å². The summed E-state index contributed by atoms with van der Waals surface area (Å²) in [6.07, 6.45) is 3.40. The smallest absolute Gasteiger partial charge is 0.227 e. The Bertz CT molecular complexity index is 1120. The second kappa shape index (κ2) is 8.05. The van der Waals surface area contributed by atoms with Gasteiger partial charge in [0.15, 0.2) is 0 Å². The highest BCUT2D eigenvalue weighted by molar-refractivity contribution is 6.40. The van der Waals surface area contributed by atoms with Crippen molar-refractivity contribution in [3.05, 3.63) is 87.8 Å². The monoisotopic (exact) mass is 403 g/mol. The normalized spacial score (nSPS) is 14.0. The van der Waals surface area contributed by atoms with E-state index in [4.69, 9.17) is 22.3 Å². The average Bonchev–Trinajstić information content (AvgIpc) is 2.73. The summed E-state index contributed by atoms with van der Waals surface area (Å²) in [4.78, 5) is 13.8. The van der Waals surface area contributed by atoms with Crippen molar-refractivity contribution in [3.8, 4) is 0 Å². The Labute approximate surface area is 175 Å². The molecule has 0 unspecified atom stereocenters. The molecule has 1 heterocycles. The molecule has 0 spiro atoms. The van der Waals surface area contributed by atoms with Crippen molar-refractivity contribution in [1.29, 1.82) is 0 Å². The molecule has 6 heteroatoms. The zero-order valence-corrected chi connectivity index (χ0v) is 17.2. The molecule has 0 amide bonds. The number of anilines is 2. The van der Waals surface area contributed by atoms with Gasteiger partial charge in [0.1, 0.15) is 0 Å². The number of rotatable bonds is 4. The quantitative estimate of drug-likeness (QED) is 0.606. The van der Waals surface area contributed by atoms with Crippen LogP contribution in [0.2, 0.25) is 5.02 Å². The number of nitrogens with two attached hydrogens (primary N) is 1. The number of fused-ring (bicyclic) bond motifs is 1. The molecular formula is C23H22ClN5. The van der Waals surface area contributed by atoms with E-state index in [2.05, 4.69) is 15.3 Å². The van der Waals surface area contributed by atoms with E-state index in [0.29, 0.717) is 11.0 Å². The molecule has 0 radical (unpaired) electrons. The lowest BCUT2D eigenvalue weighted by Gasteiger charge is -2.22. The molecule has 1 aliphatic carbocycles. The Morgan fingerprint density at radius 3 is 2.69 bits per heavy atom. The second-order valence-corrected chi connectivity index (χ2v) is 7.42. The lowest BCUT2D eigenvalue weighted by atomic mass is 9.88. The van der Waals surface area contributed by atoms with Gasteiger partial charge in [0.05, 0.1) is 11.4 Å². The third-order valence-electron chi connectivity index (χ3n) is 4.95. The number of hydrogen-bond donors (Lipinski definition) is 2. The topological polar surface area (TPSA) is 76.2 Å². The number of aryl methyl sites for hydroxylation is 2. The maximum absolute atomic E-state index is 6.51. The minimum absolute atomic E-state index is 0.521. The molecule has 29 heavy (non-hydrogen) atoms. The summed E-state index contributed by atoms with van der Waals surface area (Å²) in [7, 11) is 1.76. The third kappa shape index (κ3) is 3.87. The fourth-order valence-electron chi connectivity index (χ4n) is 3.52. The first-order valence-electron chi connectivity index (χ1n) is 9.47. The summed E-state index contributed by atoms with van der Waals surface area (Å²) in [5, 5.41) is 3.89. The molecule has 1 aliphatic rings. The molecule has 0 fully saturated rings. The fourth-order valence-corrected chi connectivity index (χ4v) is 3.72. The van der Waals surface area contributed by atoms with Crippen molar-refractivity contribution < 1.29 is 0 Å². The zero-order chi connectivity index (χ0) is 20.4. The number of hydrogen-bond acceptors (Lipinski definition) is 5. The van der Waals surface area contributed by atoms with Gasteiger partial charge < -0.3 is 11.1 Å². The predicted molar refractivity (Wildman–Crippen MR) is 120 cm³/mol. The Kier molecular flexibility index (Phi) is 5.32. The van der Waals surface area contributed by atoms with E-state index in [-0.39, 0.29) is 0 Å². The molecule has 0 bridgehead atoms. The molecule has 0 atom stereocenters. The summed E-state index contributed by atoms with van der Waals surface area (Å²) in [5.41, 5.74) is 13.6. The van der Waals surface area contributed by atoms with Gasteiger partial charge in [-0.2, -0.15) is 0 Å². The van der Waals surface area contributed by atoms with Crippen LogP contribution in [-0.2, 0) is 6.42 Å². The summed E-state index contributed by atoms with van der Waals surface area (Å²) in [5.74, 6) is 0.521. The highest BCUT2D eigenvalue weighted by Crippen LogP contribution is 2.33. The zero-order valence-electron chi connectivity index (χ0n) is 16.4. The molecule has 3 N–H and O–H groups in total. The first-order valence-corrected chi connectivity index (χ1v) is 9.85. The number of aliphatic imine (C=N–C) groups is 1. The van der Waals surface area contributed by atoms with Gasteiger partial charge in [-0.15, -0.1) is 0 Å². The van der Waals surface area contributed by atoms with Crippen molar-refractivity contribution in [2.24, 2.45) is 10.7 Å². The van der Waals surface area contributed by atoms with Crippen molar-refractivity contribution in [2.75, 3.05) is 12.4 Å². The van der Waals surface area contributed by atoms with Crippen molar-refractivity contribution in [3.63, 3.8) is 0 Å². The highest BCUT2D eigenvalue weighted by atomic mass is 35.5. The Morgan fingerprint density at radius 1 is 1.14 bits per heavy atom. The van der Waals surface area contributed by atoms with Crippen molar-refractivity contribution >= 4 is 34.5 Å². The molecule has 3 aromatic rings. The lowest BCUT2D eigenvalue weighted by Crippen LogP contribution is -2.20. The average molecular weight is 404 g/mol. The van der Waals surface area contributed by atoms with Crippen LogP contribution in [0.15, 0.2) is 65.4 Å². The van der Waals surface area contributed by atoms with E-state index >= 15 is 0 Å². The van der Waals surface area contributed by atoms with Gasteiger partial charge in [-0.05, 0) is 49.6 Å². The molecule has 4 rings (SSSR count). The van der Waals surface area contributed by atoms with Crippen LogP contribution in [0.25, 0.3) is 5.57 Å². The summed E-state index contributed by atoms with van der Waals surface area (Å²) in [6, 6.07) is 15.7. The molecule has 0 saturated heterocycles. The Balaban J connectivity index is 1.80. The van der Waals surface area contributed by atoms with E-state index in [9.17, 15) is 0 Å². The SMILES string of the molecule is CN=C(C1=C(N)CCc2cnc(Nc3ccccc3)nc21)c1cc(C)ccc1Cl. The molecule has 146 valence electrons. The Morgan fingerprint density at radius 2 is 1.93 bits per heavy atom. The number of allylic oxidation sites excluding steroid dienone is 2. The van der Waals surface area contributed by atoms with Crippen LogP contribution >= 0.6 is 11.6 Å². The summed E-state index contributed by atoms with van der Waals surface area (Å²) >= 11 is 6.51. The highest BCUT2D eigenvalue weighted by Gasteiger charge is 2.26. The molecule has 2 aromatic carbocycles. The number of nitrogens with zero attached hydrogens (tertiary/aromatic N) is 3. The van der Waals surface area contributed by atoms with Crippen LogP contribution in [-0.4, -0.2) is 22.7 Å². The third-order valence-corrected chi connectivity index (χ3v) is 5.28. The van der Waals surface area contributed by atoms with E-state index in [1.165, 1.54) is 0 Å². The number of para-hydroxylation sites is 1. The lowest BCUT2D eigenvalue weighted by molar-refractivity contribution is 0.881.